The van der Waals surface area contributed by atoms with Crippen molar-refractivity contribution in [3.63, 3.8) is 0 Å². The average molecular weight is 252 g/mol. The van der Waals surface area contributed by atoms with E-state index in [1.54, 1.807) is 0 Å². The Hall–Kier alpha value is -0.870. The van der Waals surface area contributed by atoms with Gasteiger partial charge in [-0.15, -0.1) is 0 Å². The molecular weight excluding hydrogens is 228 g/mol. The Kier molecular flexibility index (Phi) is 3.78. The maximum atomic E-state index is 10.0. The summed E-state index contributed by atoms with van der Waals surface area (Å²) in [4.78, 5) is 0. The van der Waals surface area contributed by atoms with E-state index >= 15 is 0 Å². The van der Waals surface area contributed by atoms with Crippen LogP contribution < -0.4 is 0 Å². The van der Waals surface area contributed by atoms with Crippen LogP contribution in [0.2, 0.25) is 0 Å². The lowest BCUT2D eigenvalue weighted by Crippen LogP contribution is -2.25. The summed E-state index contributed by atoms with van der Waals surface area (Å²) in [5.41, 5.74) is 3.65. The number of aryl methyl sites for hydroxylation is 1. The van der Waals surface area contributed by atoms with Crippen molar-refractivity contribution in [3.8, 4) is 0 Å². The van der Waals surface area contributed by atoms with E-state index in [-0.39, 0.29) is 6.04 Å². The summed E-state index contributed by atoms with van der Waals surface area (Å²) in [6.45, 7) is 11.8. The van der Waals surface area contributed by atoms with E-state index in [2.05, 4.69) is 39.7 Å². The van der Waals surface area contributed by atoms with E-state index < -0.39 is 6.10 Å². The number of nitrogens with zero attached hydrogens (tertiary/aromatic N) is 2. The fourth-order valence-corrected chi connectivity index (χ4v) is 2.89. The number of ether oxygens (including phenoxy) is 1. The van der Waals surface area contributed by atoms with Gasteiger partial charge >= 0.3 is 0 Å². The van der Waals surface area contributed by atoms with Crippen LogP contribution in [0.4, 0.5) is 0 Å². The number of hydrogen-bond acceptors (Lipinski definition) is 3. The highest BCUT2D eigenvalue weighted by Gasteiger charge is 2.32. The van der Waals surface area contributed by atoms with Gasteiger partial charge in [0.25, 0.3) is 0 Å². The molecule has 0 aliphatic carbocycles. The molecule has 2 atom stereocenters. The zero-order valence-electron chi connectivity index (χ0n) is 12.0. The molecule has 1 N–H and O–H groups in total. The van der Waals surface area contributed by atoms with Crippen molar-refractivity contribution in [2.24, 2.45) is 0 Å². The molecule has 102 valence electrons. The van der Waals surface area contributed by atoms with Gasteiger partial charge in [-0.3, -0.25) is 4.68 Å². The fraction of sp³-hybridized carbons (Fsp3) is 0.786. The number of aliphatic hydroxyl groups excluding tert-OH is 1. The largest absolute Gasteiger partial charge is 0.388 e. The zero-order valence-corrected chi connectivity index (χ0v) is 12.0. The highest BCUT2D eigenvalue weighted by Crippen LogP contribution is 2.33. The van der Waals surface area contributed by atoms with Gasteiger partial charge in [0, 0.05) is 5.69 Å². The van der Waals surface area contributed by atoms with Crippen LogP contribution in [0, 0.1) is 6.92 Å². The number of rotatable bonds is 3. The first kappa shape index (κ1) is 13.6. The second-order valence-corrected chi connectivity index (χ2v) is 5.81. The standard InChI is InChI=1S/C14H24N2O2/c1-8(2)13-10(5)15-16(14(13)9(3)4)11-6-18-7-12(11)17/h8-9,11-12,17H,6-7H2,1-5H3. The summed E-state index contributed by atoms with van der Waals surface area (Å²) < 4.78 is 7.36. The SMILES string of the molecule is Cc1nn(C2COCC2O)c(C(C)C)c1C(C)C. The lowest BCUT2D eigenvalue weighted by Gasteiger charge is -2.20. The van der Waals surface area contributed by atoms with Crippen molar-refractivity contribution < 1.29 is 9.84 Å². The molecule has 2 heterocycles. The van der Waals surface area contributed by atoms with E-state index in [1.165, 1.54) is 11.3 Å². The molecule has 0 spiro atoms. The third-order valence-corrected chi connectivity index (χ3v) is 3.63. The summed E-state index contributed by atoms with van der Waals surface area (Å²) in [7, 11) is 0. The topological polar surface area (TPSA) is 47.3 Å². The molecule has 1 fully saturated rings. The zero-order chi connectivity index (χ0) is 13.4. The summed E-state index contributed by atoms with van der Waals surface area (Å²) in [6, 6.07) is -0.0337. The van der Waals surface area contributed by atoms with Gasteiger partial charge in [0.1, 0.15) is 12.1 Å². The molecule has 2 rings (SSSR count). The molecular formula is C14H24N2O2. The third kappa shape index (κ3) is 2.19. The van der Waals surface area contributed by atoms with Gasteiger partial charge in [-0.05, 0) is 24.3 Å². The Morgan fingerprint density at radius 1 is 1.22 bits per heavy atom. The minimum Gasteiger partial charge on any atom is -0.388 e. The second kappa shape index (κ2) is 5.02. The van der Waals surface area contributed by atoms with Gasteiger partial charge in [-0.25, -0.2) is 0 Å². The monoisotopic (exact) mass is 252 g/mol. The van der Waals surface area contributed by atoms with Crippen molar-refractivity contribution in [1.82, 2.24) is 9.78 Å². The third-order valence-electron chi connectivity index (χ3n) is 3.63. The highest BCUT2D eigenvalue weighted by atomic mass is 16.5. The highest BCUT2D eigenvalue weighted by molar-refractivity contribution is 5.31. The Morgan fingerprint density at radius 2 is 1.89 bits per heavy atom. The van der Waals surface area contributed by atoms with Crippen molar-refractivity contribution in [2.75, 3.05) is 13.2 Å². The minimum atomic E-state index is -0.443. The maximum Gasteiger partial charge on any atom is 0.104 e. The van der Waals surface area contributed by atoms with Gasteiger partial charge < -0.3 is 9.84 Å². The molecule has 1 aromatic rings. The quantitative estimate of drug-likeness (QED) is 0.898. The van der Waals surface area contributed by atoms with Gasteiger partial charge in [0.15, 0.2) is 0 Å². The van der Waals surface area contributed by atoms with E-state index in [9.17, 15) is 5.11 Å². The van der Waals surface area contributed by atoms with Crippen molar-refractivity contribution >= 4 is 0 Å². The number of aromatic nitrogens is 2. The lowest BCUT2D eigenvalue weighted by molar-refractivity contribution is 0.117. The Morgan fingerprint density at radius 3 is 2.33 bits per heavy atom. The molecule has 1 aromatic heterocycles. The van der Waals surface area contributed by atoms with Crippen LogP contribution in [-0.4, -0.2) is 34.2 Å². The van der Waals surface area contributed by atoms with Crippen molar-refractivity contribution in [3.05, 3.63) is 17.0 Å². The predicted octanol–water partition coefficient (Wildman–Crippen LogP) is 2.37. The predicted molar refractivity (Wildman–Crippen MR) is 71.0 cm³/mol. The van der Waals surface area contributed by atoms with Gasteiger partial charge in [-0.1, -0.05) is 27.7 Å². The fourth-order valence-electron chi connectivity index (χ4n) is 2.89. The summed E-state index contributed by atoms with van der Waals surface area (Å²) in [5.74, 6) is 0.854. The van der Waals surface area contributed by atoms with E-state index in [0.717, 1.165) is 5.69 Å². The maximum absolute atomic E-state index is 10.0. The Balaban J connectivity index is 2.50. The van der Waals surface area contributed by atoms with Crippen LogP contribution in [0.3, 0.4) is 0 Å². The molecule has 1 aliphatic heterocycles. The van der Waals surface area contributed by atoms with Crippen LogP contribution in [0.5, 0.6) is 0 Å². The minimum absolute atomic E-state index is 0.0337. The van der Waals surface area contributed by atoms with Crippen LogP contribution in [0.25, 0.3) is 0 Å². The normalized spacial score (nSPS) is 24.4. The Bertz CT molecular complexity index is 424. The number of aliphatic hydroxyl groups is 1. The first-order valence-electron chi connectivity index (χ1n) is 6.78. The van der Waals surface area contributed by atoms with Crippen LogP contribution >= 0.6 is 0 Å². The van der Waals surface area contributed by atoms with Gasteiger partial charge in [0.05, 0.1) is 18.9 Å². The van der Waals surface area contributed by atoms with Crippen LogP contribution in [0.1, 0.15) is 62.5 Å². The Labute approximate surface area is 109 Å². The van der Waals surface area contributed by atoms with Gasteiger partial charge in [-0.2, -0.15) is 5.10 Å². The molecule has 4 nitrogen and oxygen atoms in total. The van der Waals surface area contributed by atoms with E-state index in [1.807, 2.05) is 4.68 Å². The molecule has 0 amide bonds. The summed E-state index contributed by atoms with van der Waals surface area (Å²) in [6.07, 6.45) is -0.443. The first-order valence-corrected chi connectivity index (χ1v) is 6.78. The lowest BCUT2D eigenvalue weighted by atomic mass is 9.95. The molecule has 4 heteroatoms. The summed E-state index contributed by atoms with van der Waals surface area (Å²) in [5, 5.41) is 14.7. The molecule has 0 bridgehead atoms. The first-order chi connectivity index (χ1) is 8.43. The van der Waals surface area contributed by atoms with Crippen molar-refractivity contribution in [1.29, 1.82) is 0 Å². The summed E-state index contributed by atoms with van der Waals surface area (Å²) >= 11 is 0. The second-order valence-electron chi connectivity index (χ2n) is 5.81. The number of hydrogen-bond donors (Lipinski definition) is 1. The van der Waals surface area contributed by atoms with E-state index in [4.69, 9.17) is 4.74 Å². The smallest absolute Gasteiger partial charge is 0.104 e. The molecule has 1 saturated heterocycles. The van der Waals surface area contributed by atoms with E-state index in [0.29, 0.717) is 25.0 Å². The molecule has 0 saturated carbocycles. The molecule has 0 radical (unpaired) electrons. The van der Waals surface area contributed by atoms with Crippen molar-refractivity contribution in [2.45, 2.75) is 58.6 Å². The molecule has 1 aliphatic rings. The molecule has 0 aromatic carbocycles. The molecule has 2 unspecified atom stereocenters. The van der Waals surface area contributed by atoms with Crippen LogP contribution in [0.15, 0.2) is 0 Å². The van der Waals surface area contributed by atoms with Crippen LogP contribution in [-0.2, 0) is 4.74 Å². The van der Waals surface area contributed by atoms with Gasteiger partial charge in [0.2, 0.25) is 0 Å². The molecule has 18 heavy (non-hydrogen) atoms. The average Bonchev–Trinajstić information content (AvgIpc) is 2.81.